The van der Waals surface area contributed by atoms with Crippen molar-refractivity contribution in [1.82, 2.24) is 0 Å². The van der Waals surface area contributed by atoms with Crippen LogP contribution in [-0.2, 0) is 0 Å². The van der Waals surface area contributed by atoms with Gasteiger partial charge in [-0.2, -0.15) is 0 Å². The van der Waals surface area contributed by atoms with Gasteiger partial charge in [-0.25, -0.2) is 0 Å². The first kappa shape index (κ1) is 11.2. The summed E-state index contributed by atoms with van der Waals surface area (Å²) >= 11 is 5.11. The molecule has 1 heterocycles. The van der Waals surface area contributed by atoms with Gasteiger partial charge in [0.1, 0.15) is 0 Å². The summed E-state index contributed by atoms with van der Waals surface area (Å²) in [6.07, 6.45) is 0. The summed E-state index contributed by atoms with van der Waals surface area (Å²) in [5, 5.41) is 2.02. The van der Waals surface area contributed by atoms with Crippen molar-refractivity contribution in [3.63, 3.8) is 0 Å². The Morgan fingerprint density at radius 3 is 2.38 bits per heavy atom. The molecule has 2 unspecified atom stereocenters. The maximum atomic E-state index is 6.04. The van der Waals surface area contributed by atoms with E-state index in [-0.39, 0.29) is 12.1 Å². The van der Waals surface area contributed by atoms with E-state index >= 15 is 0 Å². The van der Waals surface area contributed by atoms with Crippen LogP contribution in [0.25, 0.3) is 0 Å². The second-order valence-corrected chi connectivity index (χ2v) is 5.28. The Morgan fingerprint density at radius 1 is 1.38 bits per heavy atom. The maximum absolute atomic E-state index is 6.04. The molecule has 0 aliphatic heterocycles. The van der Waals surface area contributed by atoms with Gasteiger partial charge in [0.05, 0.1) is 6.04 Å². The van der Waals surface area contributed by atoms with Gasteiger partial charge in [0.25, 0.3) is 0 Å². The van der Waals surface area contributed by atoms with Crippen molar-refractivity contribution in [1.29, 1.82) is 0 Å². The lowest BCUT2D eigenvalue weighted by molar-refractivity contribution is 0.426. The Balaban J connectivity index is 2.79. The van der Waals surface area contributed by atoms with Crippen LogP contribution >= 0.6 is 27.3 Å². The Hall–Kier alpha value is 0.100. The third kappa shape index (κ3) is 2.53. The molecular weight excluding hydrogens is 248 g/mol. The van der Waals surface area contributed by atoms with E-state index in [2.05, 4.69) is 29.8 Å². The predicted molar refractivity (Wildman–Crippen MR) is 61.8 cm³/mol. The highest BCUT2D eigenvalue weighted by Gasteiger charge is 2.21. The quantitative estimate of drug-likeness (QED) is 0.880. The molecular formula is C9H15BrN2S. The van der Waals surface area contributed by atoms with Crippen LogP contribution in [-0.4, -0.2) is 6.04 Å². The standard InChI is InChI=1S/C9H15BrN2S/c1-5(2)7(11)8(12)9-6(10)3-4-13-9/h3-5,7-8H,11-12H2,1-2H3. The van der Waals surface area contributed by atoms with Gasteiger partial charge in [-0.15, -0.1) is 11.3 Å². The van der Waals surface area contributed by atoms with E-state index in [9.17, 15) is 0 Å². The number of hydrogen-bond donors (Lipinski definition) is 2. The van der Waals surface area contributed by atoms with Crippen LogP contribution < -0.4 is 11.5 Å². The van der Waals surface area contributed by atoms with E-state index in [1.165, 1.54) is 0 Å². The fraction of sp³-hybridized carbons (Fsp3) is 0.556. The number of nitrogens with two attached hydrogens (primary N) is 2. The molecule has 0 bridgehead atoms. The van der Waals surface area contributed by atoms with Crippen LogP contribution in [0.5, 0.6) is 0 Å². The minimum absolute atomic E-state index is 0.0231. The summed E-state index contributed by atoms with van der Waals surface area (Å²) in [5.41, 5.74) is 12.0. The van der Waals surface area contributed by atoms with Crippen LogP contribution in [0.3, 0.4) is 0 Å². The van der Waals surface area contributed by atoms with E-state index in [0.29, 0.717) is 5.92 Å². The summed E-state index contributed by atoms with van der Waals surface area (Å²) in [6.45, 7) is 4.18. The summed E-state index contributed by atoms with van der Waals surface area (Å²) in [6, 6.07) is 1.97. The van der Waals surface area contributed by atoms with Gasteiger partial charge in [0.2, 0.25) is 0 Å². The molecule has 0 amide bonds. The van der Waals surface area contributed by atoms with Crippen LogP contribution in [0.1, 0.15) is 24.8 Å². The third-order valence-corrected chi connectivity index (χ3v) is 4.10. The number of rotatable bonds is 3. The minimum Gasteiger partial charge on any atom is -0.326 e. The Labute approximate surface area is 91.4 Å². The van der Waals surface area contributed by atoms with Gasteiger partial charge in [-0.05, 0) is 33.3 Å². The van der Waals surface area contributed by atoms with Crippen molar-refractivity contribution >= 4 is 27.3 Å². The topological polar surface area (TPSA) is 52.0 Å². The minimum atomic E-state index is -0.0608. The fourth-order valence-electron chi connectivity index (χ4n) is 1.13. The monoisotopic (exact) mass is 262 g/mol. The molecule has 1 rings (SSSR count). The molecule has 0 aromatic carbocycles. The van der Waals surface area contributed by atoms with Gasteiger partial charge in [0.15, 0.2) is 0 Å². The molecule has 13 heavy (non-hydrogen) atoms. The first-order chi connectivity index (χ1) is 6.04. The van der Waals surface area contributed by atoms with Crippen LogP contribution in [0.15, 0.2) is 15.9 Å². The molecule has 2 atom stereocenters. The van der Waals surface area contributed by atoms with Crippen molar-refractivity contribution in [3.05, 3.63) is 20.8 Å². The molecule has 0 aliphatic carbocycles. The van der Waals surface area contributed by atoms with E-state index in [1.54, 1.807) is 11.3 Å². The average Bonchev–Trinajstić information content (AvgIpc) is 2.48. The highest BCUT2D eigenvalue weighted by Crippen LogP contribution is 2.30. The lowest BCUT2D eigenvalue weighted by atomic mass is 9.97. The molecule has 4 heteroatoms. The fourth-order valence-corrected chi connectivity index (χ4v) is 2.83. The van der Waals surface area contributed by atoms with Gasteiger partial charge in [-0.1, -0.05) is 13.8 Å². The normalized spacial score (nSPS) is 16.2. The molecule has 2 nitrogen and oxygen atoms in total. The van der Waals surface area contributed by atoms with Crippen LogP contribution in [0.2, 0.25) is 0 Å². The van der Waals surface area contributed by atoms with E-state index < -0.39 is 0 Å². The molecule has 0 saturated carbocycles. The molecule has 1 aromatic rings. The van der Waals surface area contributed by atoms with Crippen molar-refractivity contribution in [2.45, 2.75) is 25.9 Å². The summed E-state index contributed by atoms with van der Waals surface area (Å²) in [5.74, 6) is 0.406. The molecule has 0 saturated heterocycles. The second-order valence-electron chi connectivity index (χ2n) is 3.48. The first-order valence-corrected chi connectivity index (χ1v) is 5.95. The highest BCUT2D eigenvalue weighted by molar-refractivity contribution is 9.10. The van der Waals surface area contributed by atoms with Crippen molar-refractivity contribution in [2.75, 3.05) is 0 Å². The predicted octanol–water partition coefficient (Wildman–Crippen LogP) is 2.49. The summed E-state index contributed by atoms with van der Waals surface area (Å²) in [4.78, 5) is 1.14. The molecule has 0 fully saturated rings. The first-order valence-electron chi connectivity index (χ1n) is 4.28. The van der Waals surface area contributed by atoms with Gasteiger partial charge < -0.3 is 11.5 Å². The molecule has 0 aliphatic rings. The molecule has 74 valence electrons. The zero-order valence-corrected chi connectivity index (χ0v) is 10.2. The summed E-state index contributed by atoms with van der Waals surface area (Å²) in [7, 11) is 0. The second kappa shape index (κ2) is 4.55. The number of halogens is 1. The molecule has 1 aromatic heterocycles. The number of hydrogen-bond acceptors (Lipinski definition) is 3. The lowest BCUT2D eigenvalue weighted by Gasteiger charge is -2.22. The SMILES string of the molecule is CC(C)C(N)C(N)c1sccc1Br. The van der Waals surface area contributed by atoms with Gasteiger partial charge in [-0.3, -0.25) is 0 Å². The Bertz CT molecular complexity index is 272. The lowest BCUT2D eigenvalue weighted by Crippen LogP contribution is -2.38. The van der Waals surface area contributed by atoms with Crippen molar-refractivity contribution < 1.29 is 0 Å². The Morgan fingerprint density at radius 2 is 2.00 bits per heavy atom. The van der Waals surface area contributed by atoms with Gasteiger partial charge in [0, 0.05) is 15.4 Å². The zero-order valence-electron chi connectivity index (χ0n) is 7.83. The largest absolute Gasteiger partial charge is 0.326 e. The van der Waals surface area contributed by atoms with Crippen LogP contribution in [0.4, 0.5) is 0 Å². The zero-order chi connectivity index (χ0) is 10.0. The molecule has 0 spiro atoms. The molecule has 4 N–H and O–H groups in total. The average molecular weight is 263 g/mol. The molecule has 0 radical (unpaired) electrons. The van der Waals surface area contributed by atoms with Crippen molar-refractivity contribution in [2.24, 2.45) is 17.4 Å². The number of thiophene rings is 1. The third-order valence-electron chi connectivity index (χ3n) is 2.13. The van der Waals surface area contributed by atoms with E-state index in [1.807, 2.05) is 11.4 Å². The van der Waals surface area contributed by atoms with E-state index in [4.69, 9.17) is 11.5 Å². The van der Waals surface area contributed by atoms with E-state index in [0.717, 1.165) is 9.35 Å². The smallest absolute Gasteiger partial charge is 0.0557 e. The highest BCUT2D eigenvalue weighted by atomic mass is 79.9. The Kier molecular flexibility index (Phi) is 3.91. The van der Waals surface area contributed by atoms with Crippen LogP contribution in [0, 0.1) is 5.92 Å². The van der Waals surface area contributed by atoms with Gasteiger partial charge >= 0.3 is 0 Å². The summed E-state index contributed by atoms with van der Waals surface area (Å²) < 4.78 is 1.07. The van der Waals surface area contributed by atoms with Crippen molar-refractivity contribution in [3.8, 4) is 0 Å². The maximum Gasteiger partial charge on any atom is 0.0557 e.